The second-order valence-corrected chi connectivity index (χ2v) is 4.36. The van der Waals surface area contributed by atoms with Crippen LogP contribution in [0.5, 0.6) is 0 Å². The Morgan fingerprint density at radius 1 is 0.667 bits per heavy atom. The molecule has 0 radical (unpaired) electrons. The predicted molar refractivity (Wildman–Crippen MR) is 89.2 cm³/mol. The van der Waals surface area contributed by atoms with Gasteiger partial charge in [0.2, 0.25) is 0 Å². The van der Waals surface area contributed by atoms with E-state index < -0.39 is 0 Å². The van der Waals surface area contributed by atoms with Crippen molar-refractivity contribution in [1.82, 2.24) is 0 Å². The summed E-state index contributed by atoms with van der Waals surface area (Å²) in [6.45, 7) is 1.16. The summed E-state index contributed by atoms with van der Waals surface area (Å²) in [6, 6.07) is 20.0. The van der Waals surface area contributed by atoms with Crippen molar-refractivity contribution in [2.75, 3.05) is 23.8 Å². The third kappa shape index (κ3) is 6.45. The molecule has 0 aliphatic heterocycles. The molecule has 2 aromatic rings. The number of rotatable bonds is 8. The summed E-state index contributed by atoms with van der Waals surface area (Å²) < 4.78 is 5.46. The Kier molecular flexibility index (Phi) is 6.66. The maximum Gasteiger partial charge on any atom is 0.0668 e. The van der Waals surface area contributed by atoms with E-state index in [0.29, 0.717) is 13.2 Å². The van der Waals surface area contributed by atoms with Gasteiger partial charge in [-0.1, -0.05) is 36.4 Å². The molecule has 2 aromatic carbocycles. The maximum absolute atomic E-state index is 5.46. The van der Waals surface area contributed by atoms with Crippen molar-refractivity contribution in [3.63, 3.8) is 0 Å². The van der Waals surface area contributed by atoms with Crippen LogP contribution in [0.15, 0.2) is 85.2 Å². The molecule has 0 bridgehead atoms. The SMILES string of the molecule is C(=CNc1ccccc1)COCC=CNc1ccccc1. The molecule has 0 saturated heterocycles. The van der Waals surface area contributed by atoms with Gasteiger partial charge in [-0.05, 0) is 48.8 Å². The Hall–Kier alpha value is -2.52. The molecule has 0 spiro atoms. The van der Waals surface area contributed by atoms with Crippen LogP contribution in [0.4, 0.5) is 11.4 Å². The number of hydrogen-bond acceptors (Lipinski definition) is 3. The molecule has 2 rings (SSSR count). The summed E-state index contributed by atoms with van der Waals surface area (Å²) >= 11 is 0. The Balaban J connectivity index is 1.54. The van der Waals surface area contributed by atoms with Gasteiger partial charge in [0.05, 0.1) is 13.2 Å². The van der Waals surface area contributed by atoms with Gasteiger partial charge in [0.15, 0.2) is 0 Å². The van der Waals surface area contributed by atoms with Gasteiger partial charge < -0.3 is 15.4 Å². The summed E-state index contributed by atoms with van der Waals surface area (Å²) in [7, 11) is 0. The van der Waals surface area contributed by atoms with Crippen molar-refractivity contribution in [3.05, 3.63) is 85.2 Å². The zero-order valence-electron chi connectivity index (χ0n) is 11.9. The minimum atomic E-state index is 0.579. The van der Waals surface area contributed by atoms with Gasteiger partial charge in [-0.3, -0.25) is 0 Å². The fraction of sp³-hybridized carbons (Fsp3) is 0.111. The quantitative estimate of drug-likeness (QED) is 0.709. The van der Waals surface area contributed by atoms with E-state index in [4.69, 9.17) is 4.74 Å². The summed E-state index contributed by atoms with van der Waals surface area (Å²) in [5.74, 6) is 0. The molecular formula is C18H20N2O. The number of benzene rings is 2. The summed E-state index contributed by atoms with van der Waals surface area (Å²) in [6.07, 6.45) is 7.68. The van der Waals surface area contributed by atoms with Crippen LogP contribution < -0.4 is 10.6 Å². The third-order valence-electron chi connectivity index (χ3n) is 2.71. The summed E-state index contributed by atoms with van der Waals surface area (Å²) in [5, 5.41) is 6.35. The lowest BCUT2D eigenvalue weighted by Gasteiger charge is -2.00. The molecule has 3 heteroatoms. The molecular weight excluding hydrogens is 260 g/mol. The molecule has 0 heterocycles. The molecule has 0 aromatic heterocycles. The first-order valence-corrected chi connectivity index (χ1v) is 6.96. The molecule has 108 valence electrons. The van der Waals surface area contributed by atoms with Crippen molar-refractivity contribution in [2.24, 2.45) is 0 Å². The van der Waals surface area contributed by atoms with E-state index in [0.717, 1.165) is 11.4 Å². The largest absolute Gasteiger partial charge is 0.373 e. The van der Waals surface area contributed by atoms with Crippen molar-refractivity contribution in [2.45, 2.75) is 0 Å². The van der Waals surface area contributed by atoms with Gasteiger partial charge in [-0.25, -0.2) is 0 Å². The zero-order valence-corrected chi connectivity index (χ0v) is 11.9. The lowest BCUT2D eigenvalue weighted by atomic mass is 10.3. The molecule has 2 N–H and O–H groups in total. The lowest BCUT2D eigenvalue weighted by Crippen LogP contribution is -1.94. The van der Waals surface area contributed by atoms with Gasteiger partial charge >= 0.3 is 0 Å². The molecule has 0 fully saturated rings. The van der Waals surface area contributed by atoms with Crippen LogP contribution in [0.3, 0.4) is 0 Å². The van der Waals surface area contributed by atoms with E-state index in [2.05, 4.69) is 10.6 Å². The van der Waals surface area contributed by atoms with Crippen LogP contribution in [-0.2, 0) is 4.74 Å². The van der Waals surface area contributed by atoms with Crippen LogP contribution in [0.2, 0.25) is 0 Å². The number of anilines is 2. The highest BCUT2D eigenvalue weighted by molar-refractivity contribution is 5.45. The minimum absolute atomic E-state index is 0.579. The third-order valence-corrected chi connectivity index (χ3v) is 2.71. The second kappa shape index (κ2) is 9.39. The van der Waals surface area contributed by atoms with E-state index in [-0.39, 0.29) is 0 Å². The van der Waals surface area contributed by atoms with E-state index in [1.807, 2.05) is 85.2 Å². The topological polar surface area (TPSA) is 33.3 Å². The molecule has 0 atom stereocenters. The van der Waals surface area contributed by atoms with Gasteiger partial charge in [-0.15, -0.1) is 0 Å². The standard InChI is InChI=1S/C18H20N2O/c1-3-9-17(10-4-1)19-13-7-15-21-16-8-14-20-18-11-5-2-6-12-18/h1-14,19-20H,15-16H2. The zero-order chi connectivity index (χ0) is 14.6. The van der Waals surface area contributed by atoms with E-state index in [9.17, 15) is 0 Å². The molecule has 0 saturated carbocycles. The number of ether oxygens (including phenoxy) is 1. The molecule has 0 amide bonds. The van der Waals surface area contributed by atoms with Crippen LogP contribution in [0.25, 0.3) is 0 Å². The monoisotopic (exact) mass is 280 g/mol. The second-order valence-electron chi connectivity index (χ2n) is 4.36. The van der Waals surface area contributed by atoms with Gasteiger partial charge in [-0.2, -0.15) is 0 Å². The van der Waals surface area contributed by atoms with E-state index in [1.54, 1.807) is 0 Å². The van der Waals surface area contributed by atoms with Crippen molar-refractivity contribution < 1.29 is 4.74 Å². The highest BCUT2D eigenvalue weighted by atomic mass is 16.5. The summed E-state index contributed by atoms with van der Waals surface area (Å²) in [5.41, 5.74) is 2.14. The first kappa shape index (κ1) is 14.9. The Bertz CT molecular complexity index is 498. The molecule has 0 unspecified atom stereocenters. The number of nitrogens with one attached hydrogen (secondary N) is 2. The number of hydrogen-bond donors (Lipinski definition) is 2. The van der Waals surface area contributed by atoms with Crippen LogP contribution >= 0.6 is 0 Å². The Morgan fingerprint density at radius 2 is 1.10 bits per heavy atom. The first-order valence-electron chi connectivity index (χ1n) is 6.96. The Morgan fingerprint density at radius 3 is 1.52 bits per heavy atom. The van der Waals surface area contributed by atoms with E-state index in [1.165, 1.54) is 0 Å². The Labute approximate surface area is 126 Å². The predicted octanol–water partition coefficient (Wildman–Crippen LogP) is 4.25. The summed E-state index contributed by atoms with van der Waals surface area (Å²) in [4.78, 5) is 0. The number of para-hydroxylation sites is 2. The molecule has 3 nitrogen and oxygen atoms in total. The first-order chi connectivity index (χ1) is 10.4. The molecule has 21 heavy (non-hydrogen) atoms. The van der Waals surface area contributed by atoms with E-state index >= 15 is 0 Å². The average Bonchev–Trinajstić information content (AvgIpc) is 2.55. The minimum Gasteiger partial charge on any atom is -0.373 e. The smallest absolute Gasteiger partial charge is 0.0668 e. The average molecular weight is 280 g/mol. The lowest BCUT2D eigenvalue weighted by molar-refractivity contribution is 0.194. The molecule has 0 aliphatic carbocycles. The maximum atomic E-state index is 5.46. The highest BCUT2D eigenvalue weighted by Crippen LogP contribution is 2.05. The molecule has 0 aliphatic rings. The van der Waals surface area contributed by atoms with Crippen LogP contribution in [0.1, 0.15) is 0 Å². The van der Waals surface area contributed by atoms with Crippen molar-refractivity contribution in [3.8, 4) is 0 Å². The van der Waals surface area contributed by atoms with Gasteiger partial charge in [0.25, 0.3) is 0 Å². The van der Waals surface area contributed by atoms with Crippen LogP contribution in [-0.4, -0.2) is 13.2 Å². The highest BCUT2D eigenvalue weighted by Gasteiger charge is 1.85. The fourth-order valence-corrected chi connectivity index (χ4v) is 1.68. The fourth-order valence-electron chi connectivity index (χ4n) is 1.68. The van der Waals surface area contributed by atoms with Crippen LogP contribution in [0, 0.1) is 0 Å². The van der Waals surface area contributed by atoms with Gasteiger partial charge in [0, 0.05) is 11.4 Å². The normalized spacial score (nSPS) is 11.0. The van der Waals surface area contributed by atoms with Crippen molar-refractivity contribution in [1.29, 1.82) is 0 Å². The van der Waals surface area contributed by atoms with Crippen molar-refractivity contribution >= 4 is 11.4 Å². The van der Waals surface area contributed by atoms with Gasteiger partial charge in [0.1, 0.15) is 0 Å².